The van der Waals surface area contributed by atoms with E-state index in [-0.39, 0.29) is 0 Å². The number of hydrogen-bond donors (Lipinski definition) is 2. The summed E-state index contributed by atoms with van der Waals surface area (Å²) in [5.41, 5.74) is 16.3. The largest absolute Gasteiger partial charge is 0.475 e. The maximum absolute atomic E-state index is 17.4. The molecular formula is C85H74Cl3O20P3. The number of rotatable bonds is 31. The second-order valence-corrected chi connectivity index (χ2v) is 33.2. The lowest BCUT2D eigenvalue weighted by Crippen LogP contribution is -2.68. The Morgan fingerprint density at radius 2 is 0.459 bits per heavy atom. The molecule has 10 aromatic rings. The van der Waals surface area contributed by atoms with Crippen LogP contribution < -0.4 is 0 Å². The van der Waals surface area contributed by atoms with E-state index in [9.17, 15) is 24.6 Å². The number of phosphoric ester groups is 3. The molecule has 6 aliphatic carbocycles. The van der Waals surface area contributed by atoms with Crippen molar-refractivity contribution < 1.29 is 93.2 Å². The fourth-order valence-electron chi connectivity index (χ4n) is 16.4. The lowest BCUT2D eigenvalue weighted by Gasteiger charge is -2.48. The zero-order valence-corrected chi connectivity index (χ0v) is 64.3. The molecule has 0 aromatic heterocycles. The molecule has 1 unspecified atom stereocenters. The third-order valence-corrected chi connectivity index (χ3v) is 26.2. The molecule has 0 saturated heterocycles. The minimum atomic E-state index is -5.58. The molecule has 0 heterocycles. The smallest absolute Gasteiger partial charge is 0.456 e. The Morgan fingerprint density at radius 1 is 0.288 bits per heavy atom. The van der Waals surface area contributed by atoms with Gasteiger partial charge < -0.3 is 24.4 Å². The van der Waals surface area contributed by atoms with Gasteiger partial charge in [0.25, 0.3) is 0 Å². The van der Waals surface area contributed by atoms with Gasteiger partial charge in [-0.05, 0) is 111 Å². The molecule has 1 fully saturated rings. The third kappa shape index (κ3) is 15.4. The van der Waals surface area contributed by atoms with Gasteiger partial charge in [0.1, 0.15) is 42.1 Å². The number of fused-ring (bicyclic) bond motifs is 15. The van der Waals surface area contributed by atoms with Gasteiger partial charge in [0.05, 0.1) is 46.2 Å². The molecule has 111 heavy (non-hydrogen) atoms. The summed E-state index contributed by atoms with van der Waals surface area (Å²) in [4.78, 5) is 43.9. The molecule has 0 radical (unpaired) electrons. The molecule has 0 amide bonds. The van der Waals surface area contributed by atoms with E-state index in [2.05, 4.69) is 0 Å². The molecular weight excluding hydrogens is 1540 g/mol. The summed E-state index contributed by atoms with van der Waals surface area (Å²) in [5, 5.41) is 21.3. The lowest BCUT2D eigenvalue weighted by molar-refractivity contribution is -0.239. The fraction of sp³-hybridized carbons (Fsp3) is 0.259. The van der Waals surface area contributed by atoms with Crippen molar-refractivity contribution in [3.63, 3.8) is 0 Å². The predicted octanol–water partition coefficient (Wildman–Crippen LogP) is 17.4. The van der Waals surface area contributed by atoms with E-state index < -0.39 is 178 Å². The standard InChI is InChI=1S/C85H74Cl3O20P3/c86-41-77(91)103-80-81(104-78(92)42-87)84(107-110(95,99-47-73-64-33-13-3-23-54(64)55-24-4-14-34-65(55)73)100-48-74-66-35-15-5-25-56(66)57-26-6-16-36-67(57)74)85(82(105-79(93)43-88)83(80)106-109(94,97-45-51(90)44-89)98-46-72-62-31-11-1-21-52(62)53-22-2-12-32-63(53)72)108-111(96,101-49-75-68-37-17-7-27-58(68)59-28-8-18-38-69(59)75)102-50-76-70-39-19-9-29-60(70)61-30-10-20-40-71(61)76/h1-40,51,72-76,80-85,89-90H,41-50H2/t51-,80-,81-,82+,83+,84+,85+,109?/m1/s1. The van der Waals surface area contributed by atoms with Crippen LogP contribution in [0, 0.1) is 0 Å². The first-order valence-electron chi connectivity index (χ1n) is 36.3. The molecule has 10 aromatic carbocycles. The van der Waals surface area contributed by atoms with Crippen LogP contribution in [-0.4, -0.2) is 135 Å². The zero-order chi connectivity index (χ0) is 76.5. The highest BCUT2D eigenvalue weighted by atomic mass is 35.5. The molecule has 2 N–H and O–H groups in total. The summed E-state index contributed by atoms with van der Waals surface area (Å²) in [6.45, 7) is -4.20. The van der Waals surface area contributed by atoms with Crippen molar-refractivity contribution in [2.75, 3.05) is 63.9 Å². The number of carbonyl (C=O) groups excluding carboxylic acids is 3. The normalized spacial score (nSPS) is 19.6. The summed E-state index contributed by atoms with van der Waals surface area (Å²) >= 11 is 19.3. The molecule has 0 spiro atoms. The van der Waals surface area contributed by atoms with E-state index in [0.29, 0.717) is 0 Å². The van der Waals surface area contributed by atoms with Gasteiger partial charge in [-0.2, -0.15) is 0 Å². The van der Waals surface area contributed by atoms with Gasteiger partial charge in [-0.3, -0.25) is 55.1 Å². The molecule has 26 heteroatoms. The highest BCUT2D eigenvalue weighted by Crippen LogP contribution is 2.64. The Kier molecular flexibility index (Phi) is 22.8. The lowest BCUT2D eigenvalue weighted by atomic mass is 9.84. The molecule has 570 valence electrons. The van der Waals surface area contributed by atoms with Crippen LogP contribution in [0.4, 0.5) is 0 Å². The highest BCUT2D eigenvalue weighted by Gasteiger charge is 2.64. The molecule has 0 bridgehead atoms. The average Bonchev–Trinajstić information content (AvgIpc) is 1.72. The zero-order valence-electron chi connectivity index (χ0n) is 59.3. The minimum absolute atomic E-state index is 0.443. The number of benzene rings is 10. The molecule has 16 rings (SSSR count). The van der Waals surface area contributed by atoms with Crippen molar-refractivity contribution >= 4 is 76.2 Å². The molecule has 6 aliphatic rings. The number of ether oxygens (including phenoxy) is 3. The number of esters is 3. The number of aliphatic hydroxyl groups excluding tert-OH is 2. The van der Waals surface area contributed by atoms with Crippen molar-refractivity contribution in [3.05, 3.63) is 298 Å². The topological polar surface area (TPSA) is 254 Å². The Balaban J connectivity index is 0.877. The van der Waals surface area contributed by atoms with E-state index in [0.717, 1.165) is 111 Å². The van der Waals surface area contributed by atoms with E-state index in [1.165, 1.54) is 0 Å². The molecule has 0 aliphatic heterocycles. The number of phosphoric acid groups is 3. The Bertz CT molecular complexity index is 4880. The van der Waals surface area contributed by atoms with Gasteiger partial charge in [-0.1, -0.05) is 243 Å². The van der Waals surface area contributed by atoms with Crippen LogP contribution in [0.2, 0.25) is 0 Å². The predicted molar refractivity (Wildman–Crippen MR) is 417 cm³/mol. The quantitative estimate of drug-likeness (QED) is 0.0177. The first-order valence-corrected chi connectivity index (χ1v) is 42.3. The fourth-order valence-corrected chi connectivity index (χ4v) is 20.8. The average molecular weight is 1610 g/mol. The van der Waals surface area contributed by atoms with E-state index >= 15 is 13.7 Å². The summed E-state index contributed by atoms with van der Waals surface area (Å²) < 4.78 is 131. The van der Waals surface area contributed by atoms with E-state index in [1.807, 2.05) is 243 Å². The van der Waals surface area contributed by atoms with Crippen LogP contribution in [0.1, 0.15) is 85.2 Å². The van der Waals surface area contributed by atoms with E-state index in [1.54, 1.807) is 0 Å². The second kappa shape index (κ2) is 33.0. The first kappa shape index (κ1) is 76.7. The van der Waals surface area contributed by atoms with Crippen molar-refractivity contribution in [2.45, 2.75) is 72.3 Å². The first-order chi connectivity index (χ1) is 54.1. The van der Waals surface area contributed by atoms with E-state index in [4.69, 9.17) is 89.7 Å². The van der Waals surface area contributed by atoms with Crippen molar-refractivity contribution in [2.24, 2.45) is 0 Å². The summed E-state index contributed by atoms with van der Waals surface area (Å²) in [6, 6.07) is 75.7. The van der Waals surface area contributed by atoms with Crippen LogP contribution in [0.15, 0.2) is 243 Å². The minimum Gasteiger partial charge on any atom is -0.456 e. The van der Waals surface area contributed by atoms with Crippen LogP contribution >= 0.6 is 58.3 Å². The number of alkyl halides is 3. The van der Waals surface area contributed by atoms with Crippen LogP contribution in [0.5, 0.6) is 0 Å². The summed E-state index contributed by atoms with van der Waals surface area (Å²) in [6.07, 6.45) is -16.4. The van der Waals surface area contributed by atoms with Crippen LogP contribution in [0.3, 0.4) is 0 Å². The van der Waals surface area contributed by atoms with Crippen molar-refractivity contribution in [1.82, 2.24) is 0 Å². The maximum Gasteiger partial charge on any atom is 0.475 e. The van der Waals surface area contributed by atoms with Gasteiger partial charge in [0.2, 0.25) is 0 Å². The van der Waals surface area contributed by atoms with Gasteiger partial charge in [-0.25, -0.2) is 13.7 Å². The van der Waals surface area contributed by atoms with Crippen molar-refractivity contribution in [1.29, 1.82) is 0 Å². The molecule has 8 atom stereocenters. The van der Waals surface area contributed by atoms with Gasteiger partial charge >= 0.3 is 41.4 Å². The number of hydrogen-bond acceptors (Lipinski definition) is 20. The monoisotopic (exact) mass is 1610 g/mol. The number of aliphatic hydroxyl groups is 2. The third-order valence-electron chi connectivity index (χ3n) is 21.3. The Hall–Kier alpha value is -8.27. The summed E-state index contributed by atoms with van der Waals surface area (Å²) in [7, 11) is -16.7. The molecule has 1 saturated carbocycles. The van der Waals surface area contributed by atoms with Crippen LogP contribution in [0.25, 0.3) is 55.6 Å². The molecule has 20 nitrogen and oxygen atoms in total. The van der Waals surface area contributed by atoms with Crippen molar-refractivity contribution in [3.8, 4) is 55.6 Å². The Morgan fingerprint density at radius 3 is 0.649 bits per heavy atom. The highest BCUT2D eigenvalue weighted by molar-refractivity contribution is 7.49. The van der Waals surface area contributed by atoms with Gasteiger partial charge in [0, 0.05) is 29.6 Å². The second-order valence-electron chi connectivity index (χ2n) is 27.6. The number of halogens is 3. The number of carbonyl (C=O) groups is 3. The van der Waals surface area contributed by atoms with Crippen LogP contribution in [-0.2, 0) is 83.0 Å². The summed E-state index contributed by atoms with van der Waals surface area (Å²) in [5.74, 6) is -10.1. The Labute approximate surface area is 655 Å². The van der Waals surface area contributed by atoms with Gasteiger partial charge in [0.15, 0.2) is 18.3 Å². The van der Waals surface area contributed by atoms with Gasteiger partial charge in [-0.15, -0.1) is 34.8 Å². The SMILES string of the molecule is O=C(CCl)O[C@@H]1[C@@H](OC(=O)CCl)[C@H](OP(=O)(OCC2c3ccccc3-c3ccccc32)OCC2c3ccccc3-c3ccccc32)[C@@H](OP(=O)(OCC2c3ccccc3-c3ccccc32)OCC2c3ccccc3-c3ccccc32)[C@@H](OC(=O)CCl)[C@H]1OP(=O)(OCC1c2ccccc2-c2ccccc21)OC[C@H](O)CO. The maximum atomic E-state index is 17.4.